The molecule has 0 spiro atoms. The van der Waals surface area contributed by atoms with E-state index in [-0.39, 0.29) is 5.09 Å². The van der Waals surface area contributed by atoms with Crippen LogP contribution in [-0.4, -0.2) is 57.9 Å². The third-order valence-corrected chi connectivity index (χ3v) is 5.25. The number of hydrogen-bond donors (Lipinski definition) is 1. The van der Waals surface area contributed by atoms with Crippen LogP contribution in [0.15, 0.2) is 21.6 Å². The molecular weight excluding hydrogens is 290 g/mol. The lowest BCUT2D eigenvalue weighted by molar-refractivity contribution is 0.356. The van der Waals surface area contributed by atoms with Gasteiger partial charge in [-0.3, -0.25) is 0 Å². The number of furan rings is 1. The number of sulfonamides is 1. The maximum Gasteiger partial charge on any atom is 0.276 e. The van der Waals surface area contributed by atoms with E-state index in [1.165, 1.54) is 17.1 Å². The molecule has 1 aliphatic carbocycles. The van der Waals surface area contributed by atoms with Gasteiger partial charge in [0.25, 0.3) is 10.0 Å². The normalized spacial score (nSPS) is 16.0. The monoisotopic (exact) mass is 315 g/mol. The van der Waals surface area contributed by atoms with Crippen LogP contribution >= 0.6 is 0 Å². The minimum atomic E-state index is -3.52. The van der Waals surface area contributed by atoms with E-state index >= 15 is 0 Å². The van der Waals surface area contributed by atoms with Crippen LogP contribution in [0.5, 0.6) is 0 Å². The maximum atomic E-state index is 12.4. The van der Waals surface area contributed by atoms with Crippen LogP contribution in [0, 0.1) is 0 Å². The maximum absolute atomic E-state index is 12.4. The van der Waals surface area contributed by atoms with Gasteiger partial charge < -0.3 is 14.6 Å². The van der Waals surface area contributed by atoms with Crippen molar-refractivity contribution >= 4 is 10.0 Å². The summed E-state index contributed by atoms with van der Waals surface area (Å²) in [5, 5.41) is 3.34. The molecule has 0 aromatic carbocycles. The summed E-state index contributed by atoms with van der Waals surface area (Å²) in [7, 11) is 2.02. The molecule has 21 heavy (non-hydrogen) atoms. The van der Waals surface area contributed by atoms with Crippen LogP contribution in [0.3, 0.4) is 0 Å². The molecule has 1 aromatic rings. The molecule has 0 atom stereocenters. The van der Waals surface area contributed by atoms with Crippen LogP contribution < -0.4 is 5.32 Å². The summed E-state index contributed by atoms with van der Waals surface area (Å²) in [6.07, 6.45) is 3.18. The second-order valence-corrected chi connectivity index (χ2v) is 7.84. The Morgan fingerprint density at radius 3 is 2.57 bits per heavy atom. The van der Waals surface area contributed by atoms with Gasteiger partial charge in [0.2, 0.25) is 5.09 Å². The van der Waals surface area contributed by atoms with Gasteiger partial charge in [-0.05, 0) is 52.0 Å². The lowest BCUT2D eigenvalue weighted by Gasteiger charge is -2.16. The van der Waals surface area contributed by atoms with Gasteiger partial charge in [-0.25, -0.2) is 8.42 Å². The lowest BCUT2D eigenvalue weighted by Crippen LogP contribution is -2.29. The van der Waals surface area contributed by atoms with E-state index in [0.29, 0.717) is 24.9 Å². The van der Waals surface area contributed by atoms with Crippen LogP contribution in [0.2, 0.25) is 0 Å². The second-order valence-electron chi connectivity index (χ2n) is 5.86. The van der Waals surface area contributed by atoms with Gasteiger partial charge in [0.1, 0.15) is 5.76 Å². The Bertz CT molecular complexity index is 550. The van der Waals surface area contributed by atoms with Crippen molar-refractivity contribution in [1.82, 2.24) is 14.5 Å². The highest BCUT2D eigenvalue weighted by atomic mass is 32.2. The molecule has 0 bridgehead atoms. The van der Waals surface area contributed by atoms with Gasteiger partial charge in [0, 0.05) is 19.6 Å². The fraction of sp³-hybridized carbons (Fsp3) is 0.714. The van der Waals surface area contributed by atoms with Gasteiger partial charge in [-0.2, -0.15) is 4.31 Å². The molecule has 0 unspecified atom stereocenters. The summed E-state index contributed by atoms with van der Waals surface area (Å²) in [5.74, 6) is 0.669. The van der Waals surface area contributed by atoms with Crippen molar-refractivity contribution in [1.29, 1.82) is 0 Å². The van der Waals surface area contributed by atoms with Crippen molar-refractivity contribution in [2.45, 2.75) is 36.9 Å². The Kier molecular flexibility index (Phi) is 5.43. The zero-order valence-electron chi connectivity index (χ0n) is 13.0. The fourth-order valence-electron chi connectivity index (χ4n) is 2.01. The predicted octanol–water partition coefficient (Wildman–Crippen LogP) is 1.10. The number of nitrogens with one attached hydrogen (secondary N) is 1. The predicted molar refractivity (Wildman–Crippen MR) is 81.6 cm³/mol. The molecule has 120 valence electrons. The van der Waals surface area contributed by atoms with Gasteiger partial charge >= 0.3 is 0 Å². The Hall–Kier alpha value is -0.890. The molecule has 1 aromatic heterocycles. The van der Waals surface area contributed by atoms with E-state index in [0.717, 1.165) is 13.0 Å². The van der Waals surface area contributed by atoms with E-state index in [1.807, 2.05) is 19.0 Å². The van der Waals surface area contributed by atoms with Crippen LogP contribution in [-0.2, 0) is 16.6 Å². The average molecular weight is 315 g/mol. The molecule has 1 fully saturated rings. The summed E-state index contributed by atoms with van der Waals surface area (Å²) >= 11 is 0. The SMILES string of the molecule is CN(C)CCCN(C)S(=O)(=O)c1ccc(CNC2CC2)o1. The minimum absolute atomic E-state index is 0.0300. The first-order valence-electron chi connectivity index (χ1n) is 7.33. The Labute approximate surface area is 127 Å². The standard InChI is InChI=1S/C14H25N3O3S/c1-16(2)9-4-10-17(3)21(18,19)14-8-7-13(20-14)11-15-12-5-6-12/h7-8,12,15H,4-6,9-11H2,1-3H3. The summed E-state index contributed by atoms with van der Waals surface area (Å²) in [4.78, 5) is 2.04. The molecule has 1 heterocycles. The van der Waals surface area contributed by atoms with Gasteiger partial charge in [0.15, 0.2) is 0 Å². The summed E-state index contributed by atoms with van der Waals surface area (Å²) < 4.78 is 31.6. The molecule has 2 rings (SSSR count). The fourth-order valence-corrected chi connectivity index (χ4v) is 3.14. The highest BCUT2D eigenvalue weighted by Crippen LogP contribution is 2.21. The number of hydrogen-bond acceptors (Lipinski definition) is 5. The van der Waals surface area contributed by atoms with Gasteiger partial charge in [0.05, 0.1) is 6.54 Å². The first-order valence-corrected chi connectivity index (χ1v) is 8.77. The molecule has 0 amide bonds. The second kappa shape index (κ2) is 6.91. The molecule has 1 N–H and O–H groups in total. The largest absolute Gasteiger partial charge is 0.447 e. The summed E-state index contributed by atoms with van der Waals surface area (Å²) in [5.41, 5.74) is 0. The summed E-state index contributed by atoms with van der Waals surface area (Å²) in [6.45, 7) is 1.93. The molecular formula is C14H25N3O3S. The van der Waals surface area contributed by atoms with Crippen LogP contribution in [0.1, 0.15) is 25.0 Å². The number of nitrogens with zero attached hydrogens (tertiary/aromatic N) is 2. The van der Waals surface area contributed by atoms with E-state index in [1.54, 1.807) is 19.2 Å². The molecule has 6 nitrogen and oxygen atoms in total. The smallest absolute Gasteiger partial charge is 0.276 e. The average Bonchev–Trinajstić information content (AvgIpc) is 3.12. The molecule has 1 saturated carbocycles. The first kappa shape index (κ1) is 16.5. The Balaban J connectivity index is 1.90. The van der Waals surface area contributed by atoms with Crippen molar-refractivity contribution in [3.8, 4) is 0 Å². The van der Waals surface area contributed by atoms with Crippen molar-refractivity contribution in [2.24, 2.45) is 0 Å². The minimum Gasteiger partial charge on any atom is -0.447 e. The lowest BCUT2D eigenvalue weighted by atomic mass is 10.4. The van der Waals surface area contributed by atoms with E-state index in [9.17, 15) is 8.42 Å². The third-order valence-electron chi connectivity index (χ3n) is 3.52. The Morgan fingerprint density at radius 2 is 1.95 bits per heavy atom. The van der Waals surface area contributed by atoms with E-state index < -0.39 is 10.0 Å². The molecule has 0 radical (unpaired) electrons. The summed E-state index contributed by atoms with van der Waals surface area (Å²) in [6, 6.07) is 3.85. The zero-order chi connectivity index (χ0) is 15.5. The highest BCUT2D eigenvalue weighted by Gasteiger charge is 2.25. The van der Waals surface area contributed by atoms with Crippen LogP contribution in [0.25, 0.3) is 0 Å². The van der Waals surface area contributed by atoms with Crippen LogP contribution in [0.4, 0.5) is 0 Å². The van der Waals surface area contributed by atoms with Crippen molar-refractivity contribution in [3.05, 3.63) is 17.9 Å². The number of rotatable bonds is 9. The molecule has 0 saturated heterocycles. The van der Waals surface area contributed by atoms with Gasteiger partial charge in [-0.1, -0.05) is 0 Å². The molecule has 0 aliphatic heterocycles. The van der Waals surface area contributed by atoms with E-state index in [2.05, 4.69) is 5.32 Å². The van der Waals surface area contributed by atoms with Crippen molar-refractivity contribution < 1.29 is 12.8 Å². The molecule has 1 aliphatic rings. The highest BCUT2D eigenvalue weighted by molar-refractivity contribution is 7.89. The third kappa shape index (κ3) is 4.81. The quantitative estimate of drug-likeness (QED) is 0.739. The van der Waals surface area contributed by atoms with E-state index in [4.69, 9.17) is 4.42 Å². The zero-order valence-corrected chi connectivity index (χ0v) is 13.8. The van der Waals surface area contributed by atoms with Gasteiger partial charge in [-0.15, -0.1) is 0 Å². The first-order chi connectivity index (χ1) is 9.89. The van der Waals surface area contributed by atoms with Crippen molar-refractivity contribution in [3.63, 3.8) is 0 Å². The Morgan fingerprint density at radius 1 is 1.24 bits per heavy atom. The van der Waals surface area contributed by atoms with Crippen molar-refractivity contribution in [2.75, 3.05) is 34.2 Å². The molecule has 7 heteroatoms. The topological polar surface area (TPSA) is 65.8 Å².